The molecule has 0 saturated heterocycles. The Hall–Kier alpha value is -1.99. The Balaban J connectivity index is 1.90. The lowest BCUT2D eigenvalue weighted by Gasteiger charge is -1.91. The van der Waals surface area contributed by atoms with E-state index in [1.54, 1.807) is 17.6 Å². The van der Waals surface area contributed by atoms with Crippen molar-refractivity contribution in [3.63, 3.8) is 0 Å². The zero-order valence-electron chi connectivity index (χ0n) is 10.6. The number of carboxylic acids is 1. The lowest BCUT2D eigenvalue weighted by molar-refractivity contribution is 0.0697. The van der Waals surface area contributed by atoms with Gasteiger partial charge in [-0.15, -0.1) is 22.7 Å². The molecule has 0 atom stereocenters. The number of rotatable bonds is 4. The molecular formula is C13H11N3O2S2. The Morgan fingerprint density at radius 1 is 1.40 bits per heavy atom. The third-order valence-corrected chi connectivity index (χ3v) is 4.65. The van der Waals surface area contributed by atoms with Crippen LogP contribution < -0.4 is 0 Å². The summed E-state index contributed by atoms with van der Waals surface area (Å²) in [6.45, 7) is 2.86. The van der Waals surface area contributed by atoms with Gasteiger partial charge < -0.3 is 5.11 Å². The van der Waals surface area contributed by atoms with Crippen molar-refractivity contribution in [1.29, 1.82) is 0 Å². The first-order valence-corrected chi connectivity index (χ1v) is 7.74. The van der Waals surface area contributed by atoms with Crippen molar-refractivity contribution in [3.8, 4) is 21.1 Å². The standard InChI is InChI=1S/C13H11N3O2S2/c1-2-16-5-9(4-14-16)12-15-10(7-20-12)11-3-8(6-19-11)13(17)18/h3-7H,2H2,1H3,(H,17,18). The number of aryl methyl sites for hydroxylation is 1. The number of aromatic carboxylic acids is 1. The second kappa shape index (κ2) is 5.18. The summed E-state index contributed by atoms with van der Waals surface area (Å²) in [5.41, 5.74) is 2.10. The fraction of sp³-hybridized carbons (Fsp3) is 0.154. The minimum Gasteiger partial charge on any atom is -0.478 e. The van der Waals surface area contributed by atoms with Crippen LogP contribution in [0.15, 0.2) is 29.2 Å². The van der Waals surface area contributed by atoms with Gasteiger partial charge in [0.2, 0.25) is 0 Å². The number of aromatic nitrogens is 3. The van der Waals surface area contributed by atoms with Gasteiger partial charge >= 0.3 is 5.97 Å². The zero-order valence-corrected chi connectivity index (χ0v) is 12.2. The van der Waals surface area contributed by atoms with Crippen LogP contribution in [-0.4, -0.2) is 25.8 Å². The van der Waals surface area contributed by atoms with E-state index in [-0.39, 0.29) is 0 Å². The fourth-order valence-electron chi connectivity index (χ4n) is 1.75. The average molecular weight is 305 g/mol. The number of thiophene rings is 1. The Morgan fingerprint density at radius 3 is 2.90 bits per heavy atom. The normalized spacial score (nSPS) is 10.8. The SMILES string of the molecule is CCn1cc(-c2nc(-c3cc(C(=O)O)cs3)cs2)cn1. The smallest absolute Gasteiger partial charge is 0.336 e. The van der Waals surface area contributed by atoms with Gasteiger partial charge in [0.25, 0.3) is 0 Å². The summed E-state index contributed by atoms with van der Waals surface area (Å²) >= 11 is 2.93. The molecule has 3 aromatic heterocycles. The highest BCUT2D eigenvalue weighted by Crippen LogP contribution is 2.32. The van der Waals surface area contributed by atoms with E-state index in [1.807, 2.05) is 23.2 Å². The lowest BCUT2D eigenvalue weighted by Crippen LogP contribution is -1.91. The molecule has 0 spiro atoms. The summed E-state index contributed by atoms with van der Waals surface area (Å²) in [5, 5.41) is 17.6. The van der Waals surface area contributed by atoms with Crippen molar-refractivity contribution in [2.75, 3.05) is 0 Å². The maximum Gasteiger partial charge on any atom is 0.336 e. The maximum atomic E-state index is 10.9. The molecule has 3 rings (SSSR count). The molecule has 1 N–H and O–H groups in total. The largest absolute Gasteiger partial charge is 0.478 e. The van der Waals surface area contributed by atoms with E-state index in [0.717, 1.165) is 27.7 Å². The topological polar surface area (TPSA) is 68.0 Å². The quantitative estimate of drug-likeness (QED) is 0.801. The third-order valence-electron chi connectivity index (χ3n) is 2.81. The van der Waals surface area contributed by atoms with E-state index in [9.17, 15) is 4.79 Å². The molecule has 7 heteroatoms. The van der Waals surface area contributed by atoms with Crippen LogP contribution in [0.1, 0.15) is 17.3 Å². The highest BCUT2D eigenvalue weighted by atomic mass is 32.1. The minimum absolute atomic E-state index is 0.304. The predicted molar refractivity (Wildman–Crippen MR) is 79.3 cm³/mol. The van der Waals surface area contributed by atoms with Crippen molar-refractivity contribution < 1.29 is 9.90 Å². The Morgan fingerprint density at radius 2 is 2.25 bits per heavy atom. The van der Waals surface area contributed by atoms with E-state index >= 15 is 0 Å². The minimum atomic E-state index is -0.910. The van der Waals surface area contributed by atoms with Gasteiger partial charge in [0, 0.05) is 29.1 Å². The first-order valence-electron chi connectivity index (χ1n) is 5.98. The summed E-state index contributed by atoms with van der Waals surface area (Å²) in [5.74, 6) is -0.910. The number of carbonyl (C=O) groups is 1. The summed E-state index contributed by atoms with van der Waals surface area (Å²) in [7, 11) is 0. The monoisotopic (exact) mass is 305 g/mol. The van der Waals surface area contributed by atoms with E-state index in [4.69, 9.17) is 5.11 Å². The fourth-order valence-corrected chi connectivity index (χ4v) is 3.46. The molecule has 102 valence electrons. The zero-order chi connectivity index (χ0) is 14.1. The molecule has 0 fully saturated rings. The number of nitrogens with zero attached hydrogens (tertiary/aromatic N) is 3. The van der Waals surface area contributed by atoms with Gasteiger partial charge in [0.1, 0.15) is 5.01 Å². The van der Waals surface area contributed by atoms with Gasteiger partial charge in [-0.05, 0) is 13.0 Å². The molecule has 3 heterocycles. The van der Waals surface area contributed by atoms with Crippen molar-refractivity contribution in [1.82, 2.24) is 14.8 Å². The summed E-state index contributed by atoms with van der Waals surface area (Å²) in [4.78, 5) is 16.3. The van der Waals surface area contributed by atoms with E-state index in [2.05, 4.69) is 10.1 Å². The number of carboxylic acid groups (broad SMARTS) is 1. The second-order valence-electron chi connectivity index (χ2n) is 4.13. The molecule has 0 radical (unpaired) electrons. The van der Waals surface area contributed by atoms with Crippen LogP contribution >= 0.6 is 22.7 Å². The first kappa shape index (κ1) is 13.0. The Kier molecular flexibility index (Phi) is 3.37. The molecule has 0 saturated carbocycles. The maximum absolute atomic E-state index is 10.9. The summed E-state index contributed by atoms with van der Waals surface area (Å²) in [6, 6.07) is 1.65. The molecule has 0 aromatic carbocycles. The van der Waals surface area contributed by atoms with E-state index < -0.39 is 5.97 Å². The third kappa shape index (κ3) is 2.37. The van der Waals surface area contributed by atoms with Crippen LogP contribution in [0.3, 0.4) is 0 Å². The predicted octanol–water partition coefficient (Wildman–Crippen LogP) is 3.45. The van der Waals surface area contributed by atoms with Gasteiger partial charge in [-0.1, -0.05) is 0 Å². The van der Waals surface area contributed by atoms with Gasteiger partial charge in [-0.3, -0.25) is 4.68 Å². The van der Waals surface area contributed by atoms with Crippen LogP contribution in [0.5, 0.6) is 0 Å². The molecule has 3 aromatic rings. The van der Waals surface area contributed by atoms with Crippen LogP contribution in [0, 0.1) is 0 Å². The highest BCUT2D eigenvalue weighted by Gasteiger charge is 2.12. The molecule has 20 heavy (non-hydrogen) atoms. The van der Waals surface area contributed by atoms with Crippen LogP contribution in [0.2, 0.25) is 0 Å². The van der Waals surface area contributed by atoms with Gasteiger partial charge in [0.15, 0.2) is 0 Å². The molecule has 0 unspecified atom stereocenters. The molecule has 0 bridgehead atoms. The molecule has 0 amide bonds. The number of hydrogen-bond acceptors (Lipinski definition) is 5. The first-order chi connectivity index (χ1) is 9.67. The molecule has 0 aliphatic rings. The molecule has 0 aliphatic carbocycles. The lowest BCUT2D eigenvalue weighted by atomic mass is 10.3. The average Bonchev–Trinajstić information content (AvgIpc) is 3.17. The Bertz CT molecular complexity index is 757. The van der Waals surface area contributed by atoms with Crippen LogP contribution in [0.25, 0.3) is 21.1 Å². The van der Waals surface area contributed by atoms with Crippen molar-refractivity contribution >= 4 is 28.6 Å². The van der Waals surface area contributed by atoms with Crippen LogP contribution in [0.4, 0.5) is 0 Å². The molecule has 0 aliphatic heterocycles. The Labute approximate surface area is 123 Å². The van der Waals surface area contributed by atoms with E-state index in [0.29, 0.717) is 5.56 Å². The van der Waals surface area contributed by atoms with Gasteiger partial charge in [0.05, 0.1) is 22.3 Å². The summed E-state index contributed by atoms with van der Waals surface area (Å²) in [6.07, 6.45) is 3.75. The van der Waals surface area contributed by atoms with Gasteiger partial charge in [-0.25, -0.2) is 9.78 Å². The van der Waals surface area contributed by atoms with Crippen molar-refractivity contribution in [2.24, 2.45) is 0 Å². The van der Waals surface area contributed by atoms with Crippen LogP contribution in [-0.2, 0) is 6.54 Å². The van der Waals surface area contributed by atoms with Gasteiger partial charge in [-0.2, -0.15) is 5.10 Å². The second-order valence-corrected chi connectivity index (χ2v) is 5.90. The molecular weight excluding hydrogens is 294 g/mol. The van der Waals surface area contributed by atoms with E-state index in [1.165, 1.54) is 22.7 Å². The van der Waals surface area contributed by atoms with Crippen molar-refractivity contribution in [3.05, 3.63) is 34.8 Å². The number of thiazole rings is 1. The summed E-state index contributed by atoms with van der Waals surface area (Å²) < 4.78 is 1.85. The van der Waals surface area contributed by atoms with Crippen molar-refractivity contribution in [2.45, 2.75) is 13.5 Å². The highest BCUT2D eigenvalue weighted by molar-refractivity contribution is 7.15. The molecule has 5 nitrogen and oxygen atoms in total. The number of hydrogen-bond donors (Lipinski definition) is 1.